The number of ether oxygens (including phenoxy) is 1. The molecule has 0 amide bonds. The normalized spacial score (nSPS) is 26.5. The van der Waals surface area contributed by atoms with Crippen LogP contribution < -0.4 is 0 Å². The van der Waals surface area contributed by atoms with Crippen molar-refractivity contribution in [1.82, 2.24) is 0 Å². The van der Waals surface area contributed by atoms with Gasteiger partial charge in [0.15, 0.2) is 5.78 Å². The number of carboxylic acid groups (broad SMARTS) is 1. The lowest BCUT2D eigenvalue weighted by Crippen LogP contribution is -2.25. The number of rotatable bonds is 10. The van der Waals surface area contributed by atoms with Gasteiger partial charge in [0.25, 0.3) is 0 Å². The zero-order valence-corrected chi connectivity index (χ0v) is 16.5. The minimum atomic E-state index is -0.740. The first-order valence-corrected chi connectivity index (χ1v) is 10.3. The zero-order valence-electron chi connectivity index (χ0n) is 16.5. The molecule has 0 aromatic heterocycles. The van der Waals surface area contributed by atoms with E-state index in [0.29, 0.717) is 24.7 Å². The predicted molar refractivity (Wildman–Crippen MR) is 109 cm³/mol. The highest BCUT2D eigenvalue weighted by Gasteiger charge is 2.46. The van der Waals surface area contributed by atoms with Gasteiger partial charge >= 0.3 is 5.97 Å². The minimum absolute atomic E-state index is 0.139. The maximum absolute atomic E-state index is 12.4. The van der Waals surface area contributed by atoms with Gasteiger partial charge in [-0.2, -0.15) is 0 Å². The molecule has 3 rings (SSSR count). The number of fused-ring (bicyclic) bond motifs is 2. The van der Waals surface area contributed by atoms with E-state index in [2.05, 4.69) is 18.2 Å². The average Bonchev–Trinajstić information content (AvgIpc) is 3.26. The van der Waals surface area contributed by atoms with E-state index in [1.807, 2.05) is 31.2 Å². The fourth-order valence-corrected chi connectivity index (χ4v) is 4.40. The van der Waals surface area contributed by atoms with E-state index < -0.39 is 5.97 Å². The second-order valence-corrected chi connectivity index (χ2v) is 7.95. The van der Waals surface area contributed by atoms with Gasteiger partial charge in [0.1, 0.15) is 0 Å². The second kappa shape index (κ2) is 9.83. The summed E-state index contributed by atoms with van der Waals surface area (Å²) in [5.41, 5.74) is 2.24. The van der Waals surface area contributed by atoms with Gasteiger partial charge in [0.2, 0.25) is 0 Å². The standard InChI is InChI=1S/C24H30O4/c1-17-8-6-7-9-18(17)16-19(25)12-13-21-20(22-14-15-23(21)28-22)10-4-2-3-5-11-24(26)27/h2,4,6-9,12-13,20-23H,3,5,10-11,14-16H2,1H3,(H,26,27)/t20-,21-,22+,23-/m0/s1. The summed E-state index contributed by atoms with van der Waals surface area (Å²) < 4.78 is 6.10. The number of ketones is 1. The summed E-state index contributed by atoms with van der Waals surface area (Å²) in [5, 5.41) is 8.69. The van der Waals surface area contributed by atoms with E-state index in [1.165, 1.54) is 0 Å². The Morgan fingerprint density at radius 3 is 2.75 bits per heavy atom. The number of carbonyl (C=O) groups excluding carboxylic acids is 1. The van der Waals surface area contributed by atoms with Gasteiger partial charge in [-0.25, -0.2) is 0 Å². The van der Waals surface area contributed by atoms with Crippen molar-refractivity contribution in [3.63, 3.8) is 0 Å². The van der Waals surface area contributed by atoms with E-state index in [0.717, 1.165) is 36.8 Å². The van der Waals surface area contributed by atoms with Gasteiger partial charge in [0.05, 0.1) is 12.2 Å². The van der Waals surface area contributed by atoms with Crippen LogP contribution in [-0.4, -0.2) is 29.1 Å². The quantitative estimate of drug-likeness (QED) is 0.363. The third-order valence-electron chi connectivity index (χ3n) is 5.95. The zero-order chi connectivity index (χ0) is 19.9. The molecule has 2 saturated heterocycles. The third-order valence-corrected chi connectivity index (χ3v) is 5.95. The van der Waals surface area contributed by atoms with Gasteiger partial charge in [0, 0.05) is 18.8 Å². The van der Waals surface area contributed by atoms with E-state index in [4.69, 9.17) is 9.84 Å². The van der Waals surface area contributed by atoms with Crippen molar-refractivity contribution < 1.29 is 19.4 Å². The largest absolute Gasteiger partial charge is 0.481 e. The molecule has 2 bridgehead atoms. The van der Waals surface area contributed by atoms with Crippen LogP contribution in [0.4, 0.5) is 0 Å². The van der Waals surface area contributed by atoms with Crippen molar-refractivity contribution in [2.24, 2.45) is 11.8 Å². The third kappa shape index (κ3) is 5.41. The molecule has 2 aliphatic rings. The van der Waals surface area contributed by atoms with E-state index in [-0.39, 0.29) is 24.4 Å². The minimum Gasteiger partial charge on any atom is -0.481 e. The predicted octanol–water partition coefficient (Wildman–Crippen LogP) is 4.66. The number of allylic oxidation sites excluding steroid dienone is 3. The Balaban J connectivity index is 1.53. The molecule has 4 heteroatoms. The maximum Gasteiger partial charge on any atom is 0.303 e. The fourth-order valence-electron chi connectivity index (χ4n) is 4.40. The van der Waals surface area contributed by atoms with Crippen molar-refractivity contribution >= 4 is 11.8 Å². The number of carbonyl (C=O) groups is 2. The number of carboxylic acids is 1. The summed E-state index contributed by atoms with van der Waals surface area (Å²) in [4.78, 5) is 23.0. The fraction of sp³-hybridized carbons (Fsp3) is 0.500. The lowest BCUT2D eigenvalue weighted by atomic mass is 9.77. The molecule has 4 atom stereocenters. The SMILES string of the molecule is Cc1ccccc1CC(=O)C=C[C@H]1[C@H](CC=CCCCC(=O)O)[C@H]2CC[C@@H]1O2. The van der Waals surface area contributed by atoms with Gasteiger partial charge in [-0.15, -0.1) is 0 Å². The van der Waals surface area contributed by atoms with Crippen LogP contribution in [-0.2, 0) is 20.7 Å². The first-order valence-electron chi connectivity index (χ1n) is 10.3. The first kappa shape index (κ1) is 20.5. The van der Waals surface area contributed by atoms with Gasteiger partial charge in [-0.05, 0) is 62.1 Å². The Morgan fingerprint density at radius 2 is 1.96 bits per heavy atom. The highest BCUT2D eigenvalue weighted by molar-refractivity contribution is 5.91. The molecule has 0 radical (unpaired) electrons. The Hall–Kier alpha value is -2.20. The van der Waals surface area contributed by atoms with Crippen LogP contribution >= 0.6 is 0 Å². The molecule has 0 saturated carbocycles. The molecule has 1 aromatic rings. The summed E-state index contributed by atoms with van der Waals surface area (Å²) in [7, 11) is 0. The van der Waals surface area contributed by atoms with Crippen LogP contribution in [0, 0.1) is 18.8 Å². The van der Waals surface area contributed by atoms with Crippen LogP contribution in [0.25, 0.3) is 0 Å². The Bertz CT molecular complexity index is 749. The lowest BCUT2D eigenvalue weighted by molar-refractivity contribution is -0.137. The van der Waals surface area contributed by atoms with Crippen LogP contribution in [0.5, 0.6) is 0 Å². The van der Waals surface area contributed by atoms with Crippen molar-refractivity contribution in [3.8, 4) is 0 Å². The summed E-state index contributed by atoms with van der Waals surface area (Å²) in [6.45, 7) is 2.04. The van der Waals surface area contributed by atoms with Crippen molar-refractivity contribution in [1.29, 1.82) is 0 Å². The van der Waals surface area contributed by atoms with Crippen LogP contribution in [0.2, 0.25) is 0 Å². The van der Waals surface area contributed by atoms with Crippen molar-refractivity contribution in [2.75, 3.05) is 0 Å². The lowest BCUT2D eigenvalue weighted by Gasteiger charge is -2.24. The van der Waals surface area contributed by atoms with E-state index in [1.54, 1.807) is 6.08 Å². The molecule has 0 unspecified atom stereocenters. The smallest absolute Gasteiger partial charge is 0.303 e. The summed E-state index contributed by atoms with van der Waals surface area (Å²) in [6.07, 6.45) is 13.8. The monoisotopic (exact) mass is 382 g/mol. The molecule has 150 valence electrons. The number of unbranched alkanes of at least 4 members (excludes halogenated alkanes) is 1. The molecule has 0 aliphatic carbocycles. The molecule has 4 nitrogen and oxygen atoms in total. The average molecular weight is 383 g/mol. The van der Waals surface area contributed by atoms with Crippen molar-refractivity contribution in [3.05, 3.63) is 59.7 Å². The van der Waals surface area contributed by atoms with Crippen LogP contribution in [0.15, 0.2) is 48.6 Å². The molecule has 2 heterocycles. The molecule has 1 aromatic carbocycles. The molecular weight excluding hydrogens is 352 g/mol. The number of aryl methyl sites for hydroxylation is 1. The number of hydrogen-bond donors (Lipinski definition) is 1. The van der Waals surface area contributed by atoms with Crippen LogP contribution in [0.1, 0.15) is 49.7 Å². The Morgan fingerprint density at radius 1 is 1.18 bits per heavy atom. The van der Waals surface area contributed by atoms with Gasteiger partial charge in [-0.1, -0.05) is 42.5 Å². The topological polar surface area (TPSA) is 63.6 Å². The summed E-state index contributed by atoms with van der Waals surface area (Å²) in [6, 6.07) is 8.02. The molecule has 1 N–H and O–H groups in total. The second-order valence-electron chi connectivity index (χ2n) is 7.95. The first-order chi connectivity index (χ1) is 13.5. The highest BCUT2D eigenvalue weighted by Crippen LogP contribution is 2.45. The number of hydrogen-bond acceptors (Lipinski definition) is 3. The van der Waals surface area contributed by atoms with Crippen molar-refractivity contribution in [2.45, 2.75) is 64.1 Å². The summed E-state index contributed by atoms with van der Waals surface area (Å²) in [5.74, 6) is 0.107. The summed E-state index contributed by atoms with van der Waals surface area (Å²) >= 11 is 0. The Kier molecular flexibility index (Phi) is 7.21. The molecule has 2 aliphatic heterocycles. The number of aliphatic carboxylic acids is 1. The molecular formula is C24H30O4. The number of benzene rings is 1. The van der Waals surface area contributed by atoms with E-state index in [9.17, 15) is 9.59 Å². The van der Waals surface area contributed by atoms with Crippen LogP contribution in [0.3, 0.4) is 0 Å². The maximum atomic E-state index is 12.4. The van der Waals surface area contributed by atoms with Gasteiger partial charge < -0.3 is 9.84 Å². The van der Waals surface area contributed by atoms with Gasteiger partial charge in [-0.3, -0.25) is 9.59 Å². The highest BCUT2D eigenvalue weighted by atomic mass is 16.5. The molecule has 28 heavy (non-hydrogen) atoms. The Labute approximate surface area is 167 Å². The van der Waals surface area contributed by atoms with E-state index >= 15 is 0 Å². The molecule has 2 fully saturated rings. The molecule has 0 spiro atoms.